The maximum Gasteiger partial charge on any atom is 0.327 e. The zero-order chi connectivity index (χ0) is 14.4. The number of nitrogens with one attached hydrogen (secondary N) is 1. The predicted octanol–water partition coefficient (Wildman–Crippen LogP) is 2.82. The average molecular weight is 322 g/mol. The molecule has 1 aromatic carbocycles. The molecule has 1 amide bonds. The average Bonchev–Trinajstić information content (AvgIpc) is 2.29. The van der Waals surface area contributed by atoms with E-state index in [1.807, 2.05) is 0 Å². The summed E-state index contributed by atoms with van der Waals surface area (Å²) in [6, 6.07) is 4.27. The number of carbonyl (C=O) groups excluding carboxylic acids is 1. The Morgan fingerprint density at radius 2 is 2.11 bits per heavy atom. The van der Waals surface area contributed by atoms with Crippen molar-refractivity contribution in [2.75, 3.05) is 5.75 Å². The van der Waals surface area contributed by atoms with Gasteiger partial charge in [0.25, 0.3) is 0 Å². The molecule has 2 N–H and O–H groups in total. The number of halogens is 2. The fraction of sp³-hybridized carbons (Fsp3) is 0.333. The Kier molecular flexibility index (Phi) is 6.48. The van der Waals surface area contributed by atoms with Crippen molar-refractivity contribution in [1.29, 1.82) is 0 Å². The van der Waals surface area contributed by atoms with E-state index in [-0.39, 0.29) is 11.7 Å². The number of hydrogen-bond acceptors (Lipinski definition) is 3. The highest BCUT2D eigenvalue weighted by molar-refractivity contribution is 7.98. The van der Waals surface area contributed by atoms with Gasteiger partial charge in [-0.3, -0.25) is 4.79 Å². The molecular weight excluding hydrogens is 309 g/mol. The van der Waals surface area contributed by atoms with Gasteiger partial charge in [0.15, 0.2) is 0 Å². The number of carboxylic acids is 1. The topological polar surface area (TPSA) is 66.4 Å². The van der Waals surface area contributed by atoms with Crippen LogP contribution in [0.1, 0.15) is 12.5 Å². The van der Waals surface area contributed by atoms with Crippen molar-refractivity contribution in [3.63, 3.8) is 0 Å². The minimum atomic E-state index is -1.05. The monoisotopic (exact) mass is 321 g/mol. The molecule has 0 aliphatic rings. The van der Waals surface area contributed by atoms with Gasteiger partial charge < -0.3 is 10.4 Å². The first-order valence-electron chi connectivity index (χ1n) is 5.41. The molecule has 19 heavy (non-hydrogen) atoms. The molecule has 0 aliphatic heterocycles. The van der Waals surface area contributed by atoms with Crippen molar-refractivity contribution < 1.29 is 14.7 Å². The fourth-order valence-electron chi connectivity index (χ4n) is 1.35. The molecule has 0 unspecified atom stereocenters. The summed E-state index contributed by atoms with van der Waals surface area (Å²) in [6.07, 6.45) is 0. The van der Waals surface area contributed by atoms with Crippen molar-refractivity contribution in [2.45, 2.75) is 18.7 Å². The lowest BCUT2D eigenvalue weighted by Gasteiger charge is -2.13. The van der Waals surface area contributed by atoms with Crippen LogP contribution in [0.4, 0.5) is 0 Å². The van der Waals surface area contributed by atoms with Gasteiger partial charge in [0.05, 0.1) is 0 Å². The number of thioether (sulfide) groups is 1. The minimum absolute atomic E-state index is 0.272. The van der Waals surface area contributed by atoms with E-state index in [1.54, 1.807) is 18.2 Å². The minimum Gasteiger partial charge on any atom is -0.480 e. The van der Waals surface area contributed by atoms with Gasteiger partial charge in [-0.25, -0.2) is 4.79 Å². The van der Waals surface area contributed by atoms with E-state index in [2.05, 4.69) is 5.32 Å². The SMILES string of the molecule is CC(=O)N[C@@H](CSCc1ccc(Cl)cc1Cl)C(=O)O. The van der Waals surface area contributed by atoms with Crippen molar-refractivity contribution >= 4 is 46.8 Å². The van der Waals surface area contributed by atoms with E-state index in [0.29, 0.717) is 15.8 Å². The summed E-state index contributed by atoms with van der Waals surface area (Å²) in [5, 5.41) is 12.4. The highest BCUT2D eigenvalue weighted by Gasteiger charge is 2.18. The number of benzene rings is 1. The van der Waals surface area contributed by atoms with Crippen LogP contribution >= 0.6 is 35.0 Å². The van der Waals surface area contributed by atoms with Crippen LogP contribution in [-0.2, 0) is 15.3 Å². The molecule has 0 aliphatic carbocycles. The third-order valence-corrected chi connectivity index (χ3v) is 3.90. The Balaban J connectivity index is 2.52. The molecule has 0 saturated carbocycles. The molecule has 0 spiro atoms. The number of carbonyl (C=O) groups is 2. The number of aliphatic carboxylic acids is 1. The lowest BCUT2D eigenvalue weighted by molar-refractivity contribution is -0.140. The first-order chi connectivity index (χ1) is 8.90. The number of rotatable bonds is 6. The summed E-state index contributed by atoms with van der Waals surface area (Å²) < 4.78 is 0. The summed E-state index contributed by atoms with van der Waals surface area (Å²) in [4.78, 5) is 21.8. The third kappa shape index (κ3) is 5.72. The molecule has 0 radical (unpaired) electrons. The molecule has 7 heteroatoms. The van der Waals surface area contributed by atoms with E-state index in [4.69, 9.17) is 28.3 Å². The van der Waals surface area contributed by atoms with Gasteiger partial charge in [-0.2, -0.15) is 11.8 Å². The van der Waals surface area contributed by atoms with Gasteiger partial charge in [0, 0.05) is 28.5 Å². The van der Waals surface area contributed by atoms with Crippen LogP contribution in [0.15, 0.2) is 18.2 Å². The van der Waals surface area contributed by atoms with Gasteiger partial charge in [-0.15, -0.1) is 0 Å². The Labute approximate surface area is 125 Å². The Hall–Kier alpha value is -0.910. The van der Waals surface area contributed by atoms with Crippen molar-refractivity contribution in [3.8, 4) is 0 Å². The van der Waals surface area contributed by atoms with Crippen LogP contribution in [0.5, 0.6) is 0 Å². The number of hydrogen-bond donors (Lipinski definition) is 2. The first kappa shape index (κ1) is 16.1. The van der Waals surface area contributed by atoms with Gasteiger partial charge in [-0.1, -0.05) is 29.3 Å². The molecule has 1 atom stereocenters. The van der Waals surface area contributed by atoms with E-state index in [1.165, 1.54) is 18.7 Å². The van der Waals surface area contributed by atoms with Crippen LogP contribution in [0.3, 0.4) is 0 Å². The summed E-state index contributed by atoms with van der Waals surface area (Å²) >= 11 is 13.2. The summed E-state index contributed by atoms with van der Waals surface area (Å²) in [6.45, 7) is 1.29. The third-order valence-electron chi connectivity index (χ3n) is 2.23. The molecule has 0 aromatic heterocycles. The zero-order valence-electron chi connectivity index (χ0n) is 10.2. The molecule has 1 aromatic rings. The lowest BCUT2D eigenvalue weighted by atomic mass is 10.2. The largest absolute Gasteiger partial charge is 0.480 e. The van der Waals surface area contributed by atoms with Crippen LogP contribution in [-0.4, -0.2) is 28.8 Å². The summed E-state index contributed by atoms with van der Waals surface area (Å²) in [5.41, 5.74) is 0.878. The van der Waals surface area contributed by atoms with E-state index < -0.39 is 12.0 Å². The second-order valence-corrected chi connectivity index (χ2v) is 5.72. The second kappa shape index (κ2) is 7.62. The molecule has 0 fully saturated rings. The van der Waals surface area contributed by atoms with Crippen LogP contribution in [0, 0.1) is 0 Å². The summed E-state index contributed by atoms with van der Waals surface area (Å²) in [7, 11) is 0. The maximum absolute atomic E-state index is 10.9. The standard InChI is InChI=1S/C12H13Cl2NO3S/c1-7(16)15-11(12(17)18)6-19-5-8-2-3-9(13)4-10(8)14/h2-4,11H,5-6H2,1H3,(H,15,16)(H,17,18)/t11-/m0/s1. The normalized spacial score (nSPS) is 11.9. The van der Waals surface area contributed by atoms with Gasteiger partial charge >= 0.3 is 5.97 Å². The lowest BCUT2D eigenvalue weighted by Crippen LogP contribution is -2.41. The van der Waals surface area contributed by atoms with Crippen LogP contribution in [0.25, 0.3) is 0 Å². The van der Waals surface area contributed by atoms with Gasteiger partial charge in [-0.05, 0) is 17.7 Å². The molecular formula is C12H13Cl2NO3S. The highest BCUT2D eigenvalue weighted by Crippen LogP contribution is 2.24. The van der Waals surface area contributed by atoms with Crippen molar-refractivity contribution in [1.82, 2.24) is 5.32 Å². The number of amides is 1. The Bertz CT molecular complexity index is 482. The maximum atomic E-state index is 10.9. The Morgan fingerprint density at radius 3 is 2.63 bits per heavy atom. The van der Waals surface area contributed by atoms with E-state index in [9.17, 15) is 9.59 Å². The zero-order valence-corrected chi connectivity index (χ0v) is 12.5. The smallest absolute Gasteiger partial charge is 0.327 e. The fourth-order valence-corrected chi connectivity index (χ4v) is 2.95. The molecule has 104 valence electrons. The molecule has 0 saturated heterocycles. The molecule has 1 rings (SSSR count). The Morgan fingerprint density at radius 1 is 1.42 bits per heavy atom. The van der Waals surface area contributed by atoms with Crippen molar-refractivity contribution in [3.05, 3.63) is 33.8 Å². The first-order valence-corrected chi connectivity index (χ1v) is 7.32. The van der Waals surface area contributed by atoms with Crippen LogP contribution < -0.4 is 5.32 Å². The van der Waals surface area contributed by atoms with Crippen molar-refractivity contribution in [2.24, 2.45) is 0 Å². The molecule has 0 heterocycles. The van der Waals surface area contributed by atoms with Gasteiger partial charge in [0.1, 0.15) is 6.04 Å². The quantitative estimate of drug-likeness (QED) is 0.845. The predicted molar refractivity (Wildman–Crippen MR) is 77.9 cm³/mol. The van der Waals surface area contributed by atoms with E-state index >= 15 is 0 Å². The van der Waals surface area contributed by atoms with E-state index in [0.717, 1.165) is 5.56 Å². The van der Waals surface area contributed by atoms with Crippen LogP contribution in [0.2, 0.25) is 10.0 Å². The highest BCUT2D eigenvalue weighted by atomic mass is 35.5. The van der Waals surface area contributed by atoms with Gasteiger partial charge in [0.2, 0.25) is 5.91 Å². The molecule has 4 nitrogen and oxygen atoms in total. The second-order valence-electron chi connectivity index (χ2n) is 3.84. The summed E-state index contributed by atoms with van der Waals surface area (Å²) in [5.74, 6) is -0.588. The molecule has 0 bridgehead atoms. The number of carboxylic acid groups (broad SMARTS) is 1.